The molecule has 7 nitrogen and oxygen atoms in total. The molecule has 1 aliphatic carbocycles. The first-order chi connectivity index (χ1) is 8.63. The Labute approximate surface area is 101 Å². The monoisotopic (exact) mass is 248 g/mol. The van der Waals surface area contributed by atoms with Gasteiger partial charge < -0.3 is 4.52 Å². The van der Waals surface area contributed by atoms with E-state index in [0.29, 0.717) is 23.2 Å². The van der Waals surface area contributed by atoms with Gasteiger partial charge in [0.15, 0.2) is 5.82 Å². The lowest BCUT2D eigenvalue weighted by atomic mass is 10.4. The summed E-state index contributed by atoms with van der Waals surface area (Å²) in [5, 5.41) is 3.83. The zero-order valence-electron chi connectivity index (χ0n) is 9.84. The van der Waals surface area contributed by atoms with E-state index >= 15 is 0 Å². The van der Waals surface area contributed by atoms with Crippen LogP contribution in [0.15, 0.2) is 20.3 Å². The molecule has 18 heavy (non-hydrogen) atoms. The number of rotatable bonds is 3. The quantitative estimate of drug-likeness (QED) is 0.834. The van der Waals surface area contributed by atoms with Crippen LogP contribution in [0.3, 0.4) is 0 Å². The Hall–Kier alpha value is -2.18. The molecule has 2 aromatic rings. The molecule has 0 saturated heterocycles. The Morgan fingerprint density at radius 1 is 1.50 bits per heavy atom. The van der Waals surface area contributed by atoms with Crippen molar-refractivity contribution in [3.05, 3.63) is 44.3 Å². The van der Waals surface area contributed by atoms with Gasteiger partial charge in [0.05, 0.1) is 6.54 Å². The van der Waals surface area contributed by atoms with E-state index in [2.05, 4.69) is 15.1 Å². The number of aromatic nitrogens is 4. The van der Waals surface area contributed by atoms with Gasteiger partial charge in [0.25, 0.3) is 5.56 Å². The molecular formula is C11H12N4O3. The largest absolute Gasteiger partial charge is 0.339 e. The van der Waals surface area contributed by atoms with Gasteiger partial charge in [0.2, 0.25) is 5.89 Å². The fourth-order valence-corrected chi connectivity index (χ4v) is 1.72. The molecule has 2 heterocycles. The van der Waals surface area contributed by atoms with Crippen LogP contribution in [0.5, 0.6) is 0 Å². The lowest BCUT2D eigenvalue weighted by molar-refractivity contribution is 0.372. The molecule has 2 aromatic heterocycles. The maximum atomic E-state index is 11.6. The Kier molecular flexibility index (Phi) is 2.39. The summed E-state index contributed by atoms with van der Waals surface area (Å²) in [6.07, 6.45) is 3.66. The summed E-state index contributed by atoms with van der Waals surface area (Å²) in [4.78, 5) is 29.3. The molecule has 0 aromatic carbocycles. The van der Waals surface area contributed by atoms with Gasteiger partial charge in [-0.25, -0.2) is 4.79 Å². The predicted molar refractivity (Wildman–Crippen MR) is 61.4 cm³/mol. The van der Waals surface area contributed by atoms with Crippen molar-refractivity contribution in [2.75, 3.05) is 0 Å². The molecular weight excluding hydrogens is 236 g/mol. The summed E-state index contributed by atoms with van der Waals surface area (Å²) in [5.41, 5.74) is -0.369. The van der Waals surface area contributed by atoms with Gasteiger partial charge >= 0.3 is 5.69 Å². The number of nitrogens with zero attached hydrogens (tertiary/aromatic N) is 3. The molecule has 94 valence electrons. The van der Waals surface area contributed by atoms with Crippen LogP contribution >= 0.6 is 0 Å². The topological polar surface area (TPSA) is 93.8 Å². The minimum atomic E-state index is -0.469. The van der Waals surface area contributed by atoms with Crippen LogP contribution in [-0.2, 0) is 6.54 Å². The fourth-order valence-electron chi connectivity index (χ4n) is 1.72. The second-order valence-electron chi connectivity index (χ2n) is 4.52. The van der Waals surface area contributed by atoms with E-state index in [1.165, 1.54) is 10.8 Å². The highest BCUT2D eigenvalue weighted by molar-refractivity contribution is 5.04. The lowest BCUT2D eigenvalue weighted by Gasteiger charge is -2.01. The molecule has 0 spiro atoms. The normalized spacial score (nSPS) is 14.9. The number of nitrogens with one attached hydrogen (secondary N) is 1. The van der Waals surface area contributed by atoms with E-state index in [1.807, 2.05) is 0 Å². The van der Waals surface area contributed by atoms with Crippen molar-refractivity contribution in [3.63, 3.8) is 0 Å². The number of hydrogen-bond acceptors (Lipinski definition) is 5. The maximum absolute atomic E-state index is 11.6. The van der Waals surface area contributed by atoms with Crippen LogP contribution in [0.1, 0.15) is 36.0 Å². The van der Waals surface area contributed by atoms with Gasteiger partial charge in [-0.15, -0.1) is 0 Å². The van der Waals surface area contributed by atoms with Gasteiger partial charge in [0, 0.05) is 17.7 Å². The first-order valence-corrected chi connectivity index (χ1v) is 5.76. The van der Waals surface area contributed by atoms with E-state index in [0.717, 1.165) is 12.8 Å². The second-order valence-corrected chi connectivity index (χ2v) is 4.52. The third-order valence-electron chi connectivity index (χ3n) is 2.91. The van der Waals surface area contributed by atoms with Crippen molar-refractivity contribution >= 4 is 0 Å². The number of aryl methyl sites for hydroxylation is 1. The minimum absolute atomic E-state index is 0.201. The first-order valence-electron chi connectivity index (χ1n) is 5.76. The van der Waals surface area contributed by atoms with Crippen LogP contribution in [0.2, 0.25) is 0 Å². The molecule has 1 saturated carbocycles. The standard InChI is InChI=1S/C11H12N4O3/c1-6-4-15(11(17)13-9(6)16)5-8-12-10(18-14-8)7-2-3-7/h4,7H,2-3,5H2,1H3,(H,13,16,17). The molecule has 0 aliphatic heterocycles. The van der Waals surface area contributed by atoms with Crippen molar-refractivity contribution in [3.8, 4) is 0 Å². The van der Waals surface area contributed by atoms with Gasteiger partial charge in [0.1, 0.15) is 0 Å². The molecule has 1 aliphatic rings. The second kappa shape index (κ2) is 3.94. The van der Waals surface area contributed by atoms with E-state index in [9.17, 15) is 9.59 Å². The SMILES string of the molecule is Cc1cn(Cc2noc(C3CC3)n2)c(=O)[nH]c1=O. The van der Waals surface area contributed by atoms with Crippen LogP contribution < -0.4 is 11.2 Å². The average molecular weight is 248 g/mol. The highest BCUT2D eigenvalue weighted by Gasteiger charge is 2.29. The number of hydrogen-bond donors (Lipinski definition) is 1. The lowest BCUT2D eigenvalue weighted by Crippen LogP contribution is -2.31. The molecule has 0 bridgehead atoms. The number of aromatic amines is 1. The van der Waals surface area contributed by atoms with Gasteiger partial charge in [-0.1, -0.05) is 5.16 Å². The third kappa shape index (κ3) is 1.99. The zero-order chi connectivity index (χ0) is 12.7. The van der Waals surface area contributed by atoms with Gasteiger partial charge in [-0.3, -0.25) is 14.3 Å². The molecule has 0 atom stereocenters. The van der Waals surface area contributed by atoms with E-state index in [1.54, 1.807) is 6.92 Å². The van der Waals surface area contributed by atoms with Crippen LogP contribution in [-0.4, -0.2) is 19.7 Å². The van der Waals surface area contributed by atoms with Crippen LogP contribution in [0.4, 0.5) is 0 Å². The minimum Gasteiger partial charge on any atom is -0.339 e. The van der Waals surface area contributed by atoms with Crippen molar-refractivity contribution in [1.82, 2.24) is 19.7 Å². The Morgan fingerprint density at radius 2 is 2.28 bits per heavy atom. The van der Waals surface area contributed by atoms with E-state index in [-0.39, 0.29) is 12.1 Å². The molecule has 1 N–H and O–H groups in total. The molecule has 0 amide bonds. The predicted octanol–water partition coefficient (Wildman–Crippen LogP) is 0.154. The fraction of sp³-hybridized carbons (Fsp3) is 0.455. The first kappa shape index (κ1) is 10.9. The van der Waals surface area contributed by atoms with E-state index < -0.39 is 5.69 Å². The summed E-state index contributed by atoms with van der Waals surface area (Å²) in [7, 11) is 0. The Bertz CT molecular complexity index is 693. The van der Waals surface area contributed by atoms with Crippen molar-refractivity contribution < 1.29 is 4.52 Å². The summed E-state index contributed by atoms with van der Waals surface area (Å²) >= 11 is 0. The van der Waals surface area contributed by atoms with Gasteiger partial charge in [-0.2, -0.15) is 4.98 Å². The zero-order valence-corrected chi connectivity index (χ0v) is 9.84. The molecule has 0 unspecified atom stereocenters. The van der Waals surface area contributed by atoms with E-state index in [4.69, 9.17) is 4.52 Å². The highest BCUT2D eigenvalue weighted by atomic mass is 16.5. The van der Waals surface area contributed by atoms with Crippen molar-refractivity contribution in [2.24, 2.45) is 0 Å². The average Bonchev–Trinajstić information content (AvgIpc) is 3.07. The van der Waals surface area contributed by atoms with Crippen LogP contribution in [0, 0.1) is 6.92 Å². The van der Waals surface area contributed by atoms with Gasteiger partial charge in [-0.05, 0) is 19.8 Å². The van der Waals surface area contributed by atoms with Crippen molar-refractivity contribution in [2.45, 2.75) is 32.2 Å². The maximum Gasteiger partial charge on any atom is 0.328 e. The highest BCUT2D eigenvalue weighted by Crippen LogP contribution is 2.38. The molecule has 3 rings (SSSR count). The Balaban J connectivity index is 1.89. The summed E-state index contributed by atoms with van der Waals surface area (Å²) in [6.45, 7) is 1.84. The molecule has 0 radical (unpaired) electrons. The van der Waals surface area contributed by atoms with Crippen LogP contribution in [0.25, 0.3) is 0 Å². The summed E-state index contributed by atoms with van der Waals surface area (Å²) < 4.78 is 6.47. The molecule has 7 heteroatoms. The Morgan fingerprint density at radius 3 is 3.00 bits per heavy atom. The summed E-state index contributed by atoms with van der Waals surface area (Å²) in [5.74, 6) is 1.48. The number of H-pyrrole nitrogens is 1. The smallest absolute Gasteiger partial charge is 0.328 e. The summed E-state index contributed by atoms with van der Waals surface area (Å²) in [6, 6.07) is 0. The third-order valence-corrected chi connectivity index (χ3v) is 2.91. The van der Waals surface area contributed by atoms with Crippen molar-refractivity contribution in [1.29, 1.82) is 0 Å². The molecule has 1 fully saturated rings.